The first-order valence-electron chi connectivity index (χ1n) is 5.54. The first-order chi connectivity index (χ1) is 9.32. The Balaban J connectivity index is 2.70. The standard InChI is InChI=1S/C14H8BrCl2F3/c15-7-8-1-4-12(14(18,19)20)11(5-8)10-3-2-9(16)6-13(10)17/h1-6H,7H2. The van der Waals surface area contributed by atoms with Crippen molar-refractivity contribution in [3.8, 4) is 11.1 Å². The van der Waals surface area contributed by atoms with Gasteiger partial charge in [-0.25, -0.2) is 0 Å². The van der Waals surface area contributed by atoms with E-state index in [1.165, 1.54) is 30.3 Å². The lowest BCUT2D eigenvalue weighted by Gasteiger charge is -2.15. The van der Waals surface area contributed by atoms with Gasteiger partial charge in [0.15, 0.2) is 0 Å². The molecule has 0 aliphatic rings. The molecule has 0 unspecified atom stereocenters. The number of hydrogen-bond acceptors (Lipinski definition) is 0. The number of benzene rings is 2. The smallest absolute Gasteiger partial charge is 0.166 e. The molecule has 0 bridgehead atoms. The molecule has 0 amide bonds. The summed E-state index contributed by atoms with van der Waals surface area (Å²) in [7, 11) is 0. The summed E-state index contributed by atoms with van der Waals surface area (Å²) in [6.07, 6.45) is -4.44. The molecule has 0 heterocycles. The molecule has 2 aromatic carbocycles. The summed E-state index contributed by atoms with van der Waals surface area (Å²) in [4.78, 5) is 0. The summed E-state index contributed by atoms with van der Waals surface area (Å²) in [5.41, 5.74) is 0.382. The van der Waals surface area contributed by atoms with E-state index in [-0.39, 0.29) is 10.6 Å². The zero-order chi connectivity index (χ0) is 14.9. The maximum Gasteiger partial charge on any atom is 0.417 e. The minimum atomic E-state index is -4.44. The van der Waals surface area contributed by atoms with Crippen molar-refractivity contribution in [2.24, 2.45) is 0 Å². The van der Waals surface area contributed by atoms with Crippen molar-refractivity contribution >= 4 is 39.1 Å². The van der Waals surface area contributed by atoms with Crippen molar-refractivity contribution in [1.29, 1.82) is 0 Å². The Labute approximate surface area is 132 Å². The molecule has 0 aliphatic carbocycles. The number of alkyl halides is 4. The molecule has 2 rings (SSSR count). The highest BCUT2D eigenvalue weighted by Crippen LogP contribution is 2.40. The molecular weight excluding hydrogens is 376 g/mol. The fourth-order valence-corrected chi connectivity index (χ4v) is 2.71. The van der Waals surface area contributed by atoms with Gasteiger partial charge in [-0.3, -0.25) is 0 Å². The molecule has 6 heteroatoms. The maximum atomic E-state index is 13.1. The van der Waals surface area contributed by atoms with Gasteiger partial charge >= 0.3 is 6.18 Å². The van der Waals surface area contributed by atoms with E-state index in [0.29, 0.717) is 15.9 Å². The SMILES string of the molecule is FC(F)(F)c1ccc(CBr)cc1-c1ccc(Cl)cc1Cl. The Bertz CT molecular complexity index is 639. The van der Waals surface area contributed by atoms with Gasteiger partial charge in [-0.1, -0.05) is 51.3 Å². The van der Waals surface area contributed by atoms with Crippen molar-refractivity contribution in [2.75, 3.05) is 0 Å². The lowest BCUT2D eigenvalue weighted by molar-refractivity contribution is -0.137. The van der Waals surface area contributed by atoms with Crippen LogP contribution in [0.2, 0.25) is 10.0 Å². The molecule has 20 heavy (non-hydrogen) atoms. The maximum absolute atomic E-state index is 13.1. The molecule has 0 radical (unpaired) electrons. The summed E-state index contributed by atoms with van der Waals surface area (Å²) in [6.45, 7) is 0. The largest absolute Gasteiger partial charge is 0.417 e. The van der Waals surface area contributed by atoms with Gasteiger partial charge < -0.3 is 0 Å². The van der Waals surface area contributed by atoms with Gasteiger partial charge in [-0.2, -0.15) is 13.2 Å². The summed E-state index contributed by atoms with van der Waals surface area (Å²) < 4.78 is 39.3. The molecule has 0 saturated carbocycles. The first kappa shape index (κ1) is 15.7. The van der Waals surface area contributed by atoms with Crippen LogP contribution in [0.5, 0.6) is 0 Å². The fraction of sp³-hybridized carbons (Fsp3) is 0.143. The number of rotatable bonds is 2. The average molecular weight is 384 g/mol. The van der Waals surface area contributed by atoms with Crippen LogP contribution in [0.1, 0.15) is 11.1 Å². The minimum Gasteiger partial charge on any atom is -0.166 e. The minimum absolute atomic E-state index is 0.0520. The van der Waals surface area contributed by atoms with Gasteiger partial charge in [0.2, 0.25) is 0 Å². The van der Waals surface area contributed by atoms with E-state index in [0.717, 1.165) is 11.6 Å². The second-order valence-electron chi connectivity index (χ2n) is 4.14. The van der Waals surface area contributed by atoms with E-state index in [1.54, 1.807) is 0 Å². The van der Waals surface area contributed by atoms with Gasteiger partial charge in [0.1, 0.15) is 0 Å². The Hall–Kier alpha value is -0.710. The second kappa shape index (κ2) is 5.96. The van der Waals surface area contributed by atoms with Crippen molar-refractivity contribution in [2.45, 2.75) is 11.5 Å². The summed E-state index contributed by atoms with van der Waals surface area (Å²) in [5, 5.41) is 1.03. The van der Waals surface area contributed by atoms with Gasteiger partial charge in [0.25, 0.3) is 0 Å². The van der Waals surface area contributed by atoms with Crippen LogP contribution in [0, 0.1) is 0 Å². The third-order valence-corrected chi connectivity index (χ3v) is 3.96. The van der Waals surface area contributed by atoms with Crippen molar-refractivity contribution in [3.05, 3.63) is 57.6 Å². The molecule has 0 nitrogen and oxygen atoms in total. The summed E-state index contributed by atoms with van der Waals surface area (Å²) >= 11 is 15.0. The predicted octanol–water partition coefficient (Wildman–Crippen LogP) is 6.57. The monoisotopic (exact) mass is 382 g/mol. The van der Waals surface area contributed by atoms with E-state index in [9.17, 15) is 13.2 Å². The Morgan fingerprint density at radius 3 is 2.20 bits per heavy atom. The van der Waals surface area contributed by atoms with E-state index < -0.39 is 11.7 Å². The van der Waals surface area contributed by atoms with Crippen LogP contribution in [0.4, 0.5) is 13.2 Å². The van der Waals surface area contributed by atoms with E-state index in [1.807, 2.05) is 0 Å². The molecule has 0 N–H and O–H groups in total. The first-order valence-corrected chi connectivity index (χ1v) is 7.42. The molecule has 0 aromatic heterocycles. The molecule has 0 saturated heterocycles. The molecular formula is C14H8BrCl2F3. The van der Waals surface area contributed by atoms with Crippen LogP contribution in [0.25, 0.3) is 11.1 Å². The van der Waals surface area contributed by atoms with Crippen LogP contribution in [-0.4, -0.2) is 0 Å². The zero-order valence-corrected chi connectivity index (χ0v) is 13.0. The molecule has 0 atom stereocenters. The zero-order valence-electron chi connectivity index (χ0n) is 9.94. The van der Waals surface area contributed by atoms with Gasteiger partial charge in [-0.15, -0.1) is 0 Å². The lowest BCUT2D eigenvalue weighted by atomic mass is 9.97. The molecule has 2 aromatic rings. The summed E-state index contributed by atoms with van der Waals surface area (Å²) in [5.74, 6) is 0. The quantitative estimate of drug-likeness (QED) is 0.514. The predicted molar refractivity (Wildman–Crippen MR) is 79.5 cm³/mol. The lowest BCUT2D eigenvalue weighted by Crippen LogP contribution is -2.07. The highest BCUT2D eigenvalue weighted by Gasteiger charge is 2.34. The Morgan fingerprint density at radius 1 is 0.950 bits per heavy atom. The van der Waals surface area contributed by atoms with Crippen LogP contribution < -0.4 is 0 Å². The number of halogens is 6. The van der Waals surface area contributed by atoms with Crippen molar-refractivity contribution < 1.29 is 13.2 Å². The van der Waals surface area contributed by atoms with Crippen LogP contribution in [0.15, 0.2) is 36.4 Å². The van der Waals surface area contributed by atoms with E-state index >= 15 is 0 Å². The third-order valence-electron chi connectivity index (χ3n) is 2.76. The topological polar surface area (TPSA) is 0 Å². The van der Waals surface area contributed by atoms with E-state index in [4.69, 9.17) is 23.2 Å². The second-order valence-corrected chi connectivity index (χ2v) is 5.54. The normalized spacial score (nSPS) is 11.7. The molecule has 0 fully saturated rings. The van der Waals surface area contributed by atoms with E-state index in [2.05, 4.69) is 15.9 Å². The fourth-order valence-electron chi connectivity index (χ4n) is 1.85. The van der Waals surface area contributed by atoms with Crippen molar-refractivity contribution in [3.63, 3.8) is 0 Å². The number of hydrogen-bond donors (Lipinski definition) is 0. The average Bonchev–Trinajstić information content (AvgIpc) is 2.37. The summed E-state index contributed by atoms with van der Waals surface area (Å²) in [6, 6.07) is 8.42. The molecule has 0 aliphatic heterocycles. The van der Waals surface area contributed by atoms with Crippen molar-refractivity contribution in [1.82, 2.24) is 0 Å². The molecule has 106 valence electrons. The highest BCUT2D eigenvalue weighted by molar-refractivity contribution is 9.08. The highest BCUT2D eigenvalue weighted by atomic mass is 79.9. The Morgan fingerprint density at radius 2 is 1.65 bits per heavy atom. The third kappa shape index (κ3) is 3.30. The van der Waals surface area contributed by atoms with Crippen LogP contribution in [0.3, 0.4) is 0 Å². The van der Waals surface area contributed by atoms with Gasteiger partial charge in [0, 0.05) is 20.9 Å². The van der Waals surface area contributed by atoms with Crippen LogP contribution >= 0.6 is 39.1 Å². The Kier molecular flexibility index (Phi) is 4.67. The van der Waals surface area contributed by atoms with Gasteiger partial charge in [-0.05, 0) is 35.4 Å². The molecule has 0 spiro atoms. The van der Waals surface area contributed by atoms with Crippen LogP contribution in [-0.2, 0) is 11.5 Å². The van der Waals surface area contributed by atoms with Gasteiger partial charge in [0.05, 0.1) is 5.56 Å².